The highest BCUT2D eigenvalue weighted by molar-refractivity contribution is 5.66. The molecule has 0 saturated heterocycles. The Hall–Kier alpha value is -1.64. The van der Waals surface area contributed by atoms with Crippen LogP contribution in [0.3, 0.4) is 0 Å². The minimum absolute atomic E-state index is 0.303. The maximum atomic E-state index is 10.8. The number of hydrogen-bond donors (Lipinski definition) is 0. The summed E-state index contributed by atoms with van der Waals surface area (Å²) >= 11 is 0. The lowest BCUT2D eigenvalue weighted by Crippen LogP contribution is -2.09. The Labute approximate surface area is 83.4 Å². The van der Waals surface area contributed by atoms with E-state index in [4.69, 9.17) is 4.74 Å². The molecule has 0 radical (unpaired) electrons. The number of rotatable bonds is 4. The molecule has 1 aromatic heterocycles. The highest BCUT2D eigenvalue weighted by Gasteiger charge is 2.13. The lowest BCUT2D eigenvalue weighted by Gasteiger charge is -2.13. The summed E-state index contributed by atoms with van der Waals surface area (Å²) in [5.41, 5.74) is 0.752. The van der Waals surface area contributed by atoms with Gasteiger partial charge < -0.3 is 4.74 Å². The second-order valence-corrected chi connectivity index (χ2v) is 2.88. The molecule has 3 heteroatoms. The van der Waals surface area contributed by atoms with Gasteiger partial charge in [-0.15, -0.1) is 6.58 Å². The Morgan fingerprint density at radius 1 is 1.71 bits per heavy atom. The summed E-state index contributed by atoms with van der Waals surface area (Å²) in [5.74, 6) is -0.303. The molecule has 0 unspecified atom stereocenters. The molecule has 0 aliphatic carbocycles. The summed E-state index contributed by atoms with van der Waals surface area (Å²) in [7, 11) is 0. The smallest absolute Gasteiger partial charge is 0.303 e. The van der Waals surface area contributed by atoms with Crippen molar-refractivity contribution in [2.75, 3.05) is 0 Å². The number of pyridine rings is 1. The summed E-state index contributed by atoms with van der Waals surface area (Å²) in [6.45, 7) is 5.00. The van der Waals surface area contributed by atoms with E-state index in [0.29, 0.717) is 6.42 Å². The van der Waals surface area contributed by atoms with Crippen molar-refractivity contribution in [1.82, 2.24) is 4.98 Å². The van der Waals surface area contributed by atoms with Crippen molar-refractivity contribution in [2.45, 2.75) is 19.4 Å². The van der Waals surface area contributed by atoms with E-state index in [-0.39, 0.29) is 12.1 Å². The molecule has 1 atom stereocenters. The van der Waals surface area contributed by atoms with Gasteiger partial charge in [-0.25, -0.2) is 0 Å². The Bertz CT molecular complexity index is 308. The monoisotopic (exact) mass is 191 g/mol. The van der Waals surface area contributed by atoms with Crippen molar-refractivity contribution in [1.29, 1.82) is 0 Å². The largest absolute Gasteiger partial charge is 0.456 e. The van der Waals surface area contributed by atoms with E-state index in [1.807, 2.05) is 18.2 Å². The fourth-order valence-electron chi connectivity index (χ4n) is 1.15. The van der Waals surface area contributed by atoms with Crippen LogP contribution in [-0.2, 0) is 9.53 Å². The van der Waals surface area contributed by atoms with Crippen LogP contribution in [0.25, 0.3) is 0 Å². The van der Waals surface area contributed by atoms with E-state index in [0.717, 1.165) is 5.69 Å². The van der Waals surface area contributed by atoms with Gasteiger partial charge in [0, 0.05) is 19.5 Å². The predicted molar refractivity (Wildman–Crippen MR) is 53.6 cm³/mol. The third-order valence-corrected chi connectivity index (χ3v) is 1.71. The first-order chi connectivity index (χ1) is 6.74. The van der Waals surface area contributed by atoms with Crippen molar-refractivity contribution in [2.24, 2.45) is 0 Å². The number of hydrogen-bond acceptors (Lipinski definition) is 3. The van der Waals surface area contributed by atoms with Gasteiger partial charge in [-0.05, 0) is 12.1 Å². The van der Waals surface area contributed by atoms with Crippen molar-refractivity contribution in [3.63, 3.8) is 0 Å². The SMILES string of the molecule is C=CC[C@@H](OC(C)=O)c1ccccn1. The zero-order valence-corrected chi connectivity index (χ0v) is 8.14. The molecule has 1 heterocycles. The third-order valence-electron chi connectivity index (χ3n) is 1.71. The normalized spacial score (nSPS) is 11.8. The lowest BCUT2D eigenvalue weighted by atomic mass is 10.1. The maximum Gasteiger partial charge on any atom is 0.303 e. The molecule has 0 aromatic carbocycles. The standard InChI is InChI=1S/C11H13NO2/c1-3-6-11(14-9(2)13)10-7-4-5-8-12-10/h3-5,7-8,11H,1,6H2,2H3/t11-/m1/s1. The number of ether oxygens (including phenoxy) is 1. The first-order valence-corrected chi connectivity index (χ1v) is 4.43. The van der Waals surface area contributed by atoms with Gasteiger partial charge in [-0.2, -0.15) is 0 Å². The highest BCUT2D eigenvalue weighted by atomic mass is 16.5. The van der Waals surface area contributed by atoms with E-state index >= 15 is 0 Å². The lowest BCUT2D eigenvalue weighted by molar-refractivity contribution is -0.146. The van der Waals surface area contributed by atoms with Crippen molar-refractivity contribution in [3.05, 3.63) is 42.7 Å². The Morgan fingerprint density at radius 3 is 3.00 bits per heavy atom. The molecule has 1 rings (SSSR count). The topological polar surface area (TPSA) is 39.2 Å². The van der Waals surface area contributed by atoms with Gasteiger partial charge in [0.25, 0.3) is 0 Å². The van der Waals surface area contributed by atoms with Crippen LogP contribution in [0.5, 0.6) is 0 Å². The molecule has 14 heavy (non-hydrogen) atoms. The predicted octanol–water partition coefficient (Wildman–Crippen LogP) is 2.26. The molecule has 0 N–H and O–H groups in total. The van der Waals surface area contributed by atoms with Crippen LogP contribution in [0.15, 0.2) is 37.1 Å². The molecular weight excluding hydrogens is 178 g/mol. The van der Waals surface area contributed by atoms with E-state index in [9.17, 15) is 4.79 Å². The number of nitrogens with zero attached hydrogens (tertiary/aromatic N) is 1. The van der Waals surface area contributed by atoms with Crippen molar-refractivity contribution < 1.29 is 9.53 Å². The average molecular weight is 191 g/mol. The van der Waals surface area contributed by atoms with E-state index in [1.165, 1.54) is 6.92 Å². The summed E-state index contributed by atoms with van der Waals surface area (Å²) < 4.78 is 5.10. The zero-order chi connectivity index (χ0) is 10.4. The number of esters is 1. The minimum Gasteiger partial charge on any atom is -0.456 e. The van der Waals surface area contributed by atoms with Crippen LogP contribution >= 0.6 is 0 Å². The van der Waals surface area contributed by atoms with E-state index < -0.39 is 0 Å². The molecule has 0 aliphatic rings. The fraction of sp³-hybridized carbons (Fsp3) is 0.273. The quantitative estimate of drug-likeness (QED) is 0.541. The van der Waals surface area contributed by atoms with Gasteiger partial charge in [-0.3, -0.25) is 9.78 Å². The number of carbonyl (C=O) groups is 1. The first-order valence-electron chi connectivity index (χ1n) is 4.43. The highest BCUT2D eigenvalue weighted by Crippen LogP contribution is 2.19. The van der Waals surface area contributed by atoms with Gasteiger partial charge >= 0.3 is 5.97 Å². The van der Waals surface area contributed by atoms with Crippen LogP contribution in [-0.4, -0.2) is 11.0 Å². The van der Waals surface area contributed by atoms with Crippen molar-refractivity contribution >= 4 is 5.97 Å². The molecule has 3 nitrogen and oxygen atoms in total. The first kappa shape index (κ1) is 10.4. The molecule has 0 saturated carbocycles. The van der Waals surface area contributed by atoms with Crippen LogP contribution < -0.4 is 0 Å². The van der Waals surface area contributed by atoms with E-state index in [2.05, 4.69) is 11.6 Å². The number of carbonyl (C=O) groups excluding carboxylic acids is 1. The summed E-state index contributed by atoms with van der Waals surface area (Å²) in [4.78, 5) is 14.9. The zero-order valence-electron chi connectivity index (χ0n) is 8.14. The fourth-order valence-corrected chi connectivity index (χ4v) is 1.15. The second kappa shape index (κ2) is 5.17. The third kappa shape index (κ3) is 3.01. The minimum atomic E-state index is -0.314. The molecular formula is C11H13NO2. The molecule has 0 bridgehead atoms. The van der Waals surface area contributed by atoms with Crippen LogP contribution in [0, 0.1) is 0 Å². The average Bonchev–Trinajstić information content (AvgIpc) is 2.18. The van der Waals surface area contributed by atoms with E-state index in [1.54, 1.807) is 12.3 Å². The summed E-state index contributed by atoms with van der Waals surface area (Å²) in [5, 5.41) is 0. The van der Waals surface area contributed by atoms with Gasteiger partial charge in [0.05, 0.1) is 5.69 Å². The van der Waals surface area contributed by atoms with Gasteiger partial charge in [0.1, 0.15) is 6.10 Å². The summed E-state index contributed by atoms with van der Waals surface area (Å²) in [6, 6.07) is 5.52. The van der Waals surface area contributed by atoms with Crippen LogP contribution in [0.4, 0.5) is 0 Å². The molecule has 0 amide bonds. The van der Waals surface area contributed by atoms with Gasteiger partial charge in [-0.1, -0.05) is 12.1 Å². The molecule has 74 valence electrons. The van der Waals surface area contributed by atoms with Gasteiger partial charge in [0.15, 0.2) is 0 Å². The Kier molecular flexibility index (Phi) is 3.85. The Morgan fingerprint density at radius 2 is 2.50 bits per heavy atom. The maximum absolute atomic E-state index is 10.8. The van der Waals surface area contributed by atoms with Crippen molar-refractivity contribution in [3.8, 4) is 0 Å². The number of aromatic nitrogens is 1. The molecule has 1 aromatic rings. The second-order valence-electron chi connectivity index (χ2n) is 2.88. The summed E-state index contributed by atoms with van der Waals surface area (Å²) in [6.07, 6.45) is 3.65. The molecule has 0 aliphatic heterocycles. The Balaban J connectivity index is 2.77. The molecule has 0 fully saturated rings. The van der Waals surface area contributed by atoms with Gasteiger partial charge in [0.2, 0.25) is 0 Å². The molecule has 0 spiro atoms. The van der Waals surface area contributed by atoms with Crippen LogP contribution in [0.2, 0.25) is 0 Å². The van der Waals surface area contributed by atoms with Crippen LogP contribution in [0.1, 0.15) is 25.1 Å².